The van der Waals surface area contributed by atoms with E-state index in [0.29, 0.717) is 27.6 Å². The largest absolute Gasteiger partial charge is 0.376 e. The van der Waals surface area contributed by atoms with Crippen LogP contribution >= 0.6 is 11.3 Å². The normalized spacial score (nSPS) is 16.4. The van der Waals surface area contributed by atoms with E-state index < -0.39 is 0 Å². The predicted octanol–water partition coefficient (Wildman–Crippen LogP) is 4.00. The molecule has 152 valence electrons. The first kappa shape index (κ1) is 19.0. The van der Waals surface area contributed by atoms with Crippen LogP contribution in [0.1, 0.15) is 44.3 Å². The van der Waals surface area contributed by atoms with Crippen molar-refractivity contribution in [1.29, 1.82) is 0 Å². The van der Waals surface area contributed by atoms with Gasteiger partial charge in [-0.25, -0.2) is 4.98 Å². The molecule has 1 aliphatic rings. The molecule has 0 saturated carbocycles. The smallest absolute Gasteiger partial charge is 0.263 e. The van der Waals surface area contributed by atoms with Crippen molar-refractivity contribution in [1.82, 2.24) is 14.7 Å². The van der Waals surface area contributed by atoms with Gasteiger partial charge in [0.1, 0.15) is 10.6 Å². The molecule has 5 rings (SSSR count). The molecule has 1 aliphatic heterocycles. The number of amides is 1. The molecule has 1 unspecified atom stereocenters. The Morgan fingerprint density at radius 3 is 2.87 bits per heavy atom. The Hall–Kier alpha value is -3.03. The molecular formula is C23H21N3O3S. The van der Waals surface area contributed by atoms with Gasteiger partial charge in [-0.2, -0.15) is 0 Å². The van der Waals surface area contributed by atoms with Crippen molar-refractivity contribution < 1.29 is 14.3 Å². The number of benzene rings is 2. The van der Waals surface area contributed by atoms with Gasteiger partial charge in [-0.1, -0.05) is 47.7 Å². The summed E-state index contributed by atoms with van der Waals surface area (Å²) >= 11 is 1.30. The number of carbonyl (C=O) groups excluding carboxylic acids is 2. The van der Waals surface area contributed by atoms with Crippen LogP contribution in [0.2, 0.25) is 0 Å². The van der Waals surface area contributed by atoms with E-state index in [-0.39, 0.29) is 17.8 Å². The third-order valence-electron chi connectivity index (χ3n) is 5.55. The number of hydrogen-bond acceptors (Lipinski definition) is 5. The second-order valence-corrected chi connectivity index (χ2v) is 8.49. The van der Waals surface area contributed by atoms with Crippen LogP contribution in [0.25, 0.3) is 15.7 Å². The summed E-state index contributed by atoms with van der Waals surface area (Å²) in [6, 6.07) is 13.6. The predicted molar refractivity (Wildman–Crippen MR) is 116 cm³/mol. The molecule has 0 aliphatic carbocycles. The van der Waals surface area contributed by atoms with Gasteiger partial charge in [0.25, 0.3) is 5.91 Å². The van der Waals surface area contributed by atoms with E-state index in [1.807, 2.05) is 49.4 Å². The number of aromatic nitrogens is 2. The highest BCUT2D eigenvalue weighted by atomic mass is 32.1. The molecule has 7 heteroatoms. The minimum atomic E-state index is -0.150. The van der Waals surface area contributed by atoms with Crippen LogP contribution in [-0.2, 0) is 4.74 Å². The summed E-state index contributed by atoms with van der Waals surface area (Å²) in [4.78, 5) is 31.5. The summed E-state index contributed by atoms with van der Waals surface area (Å²) < 4.78 is 7.35. The zero-order valence-corrected chi connectivity index (χ0v) is 17.4. The second-order valence-electron chi connectivity index (χ2n) is 7.51. The minimum absolute atomic E-state index is 0.0864. The van der Waals surface area contributed by atoms with E-state index in [4.69, 9.17) is 4.74 Å². The summed E-state index contributed by atoms with van der Waals surface area (Å²) in [6.07, 6.45) is 3.68. The number of imidazole rings is 1. The average molecular weight is 420 g/mol. The Bertz CT molecular complexity index is 1270. The molecule has 30 heavy (non-hydrogen) atoms. The molecule has 1 atom stereocenters. The molecule has 3 heterocycles. The molecule has 1 N–H and O–H groups in total. The number of nitrogens with one attached hydrogen (secondary N) is 1. The Morgan fingerprint density at radius 1 is 1.23 bits per heavy atom. The number of hydrogen-bond donors (Lipinski definition) is 1. The molecule has 1 saturated heterocycles. The number of thiazole rings is 1. The van der Waals surface area contributed by atoms with Crippen LogP contribution in [-0.4, -0.2) is 40.3 Å². The molecule has 0 bridgehead atoms. The number of ether oxygens (including phenoxy) is 1. The lowest BCUT2D eigenvalue weighted by Crippen LogP contribution is -2.31. The van der Waals surface area contributed by atoms with Gasteiger partial charge in [0, 0.05) is 24.4 Å². The fourth-order valence-corrected chi connectivity index (χ4v) is 4.96. The van der Waals surface area contributed by atoms with Gasteiger partial charge in [-0.15, -0.1) is 0 Å². The SMILES string of the molecule is Cc1c(C(=O)NCC2CCCO2)sc2ncc(C(=O)c3ccc4ccccc4c3)n12. The van der Waals surface area contributed by atoms with Crippen molar-refractivity contribution in [3.05, 3.63) is 70.5 Å². The van der Waals surface area contributed by atoms with E-state index in [2.05, 4.69) is 10.3 Å². The third-order valence-corrected chi connectivity index (χ3v) is 6.71. The van der Waals surface area contributed by atoms with Crippen molar-refractivity contribution in [2.75, 3.05) is 13.2 Å². The van der Waals surface area contributed by atoms with Gasteiger partial charge in [0.2, 0.25) is 5.78 Å². The van der Waals surface area contributed by atoms with Crippen molar-refractivity contribution in [2.45, 2.75) is 25.9 Å². The van der Waals surface area contributed by atoms with Crippen molar-refractivity contribution in [2.24, 2.45) is 0 Å². The van der Waals surface area contributed by atoms with Crippen molar-refractivity contribution in [3.63, 3.8) is 0 Å². The van der Waals surface area contributed by atoms with Gasteiger partial charge in [0.05, 0.1) is 12.3 Å². The van der Waals surface area contributed by atoms with Crippen molar-refractivity contribution >= 4 is 38.8 Å². The lowest BCUT2D eigenvalue weighted by Gasteiger charge is -2.10. The van der Waals surface area contributed by atoms with Gasteiger partial charge in [-0.05, 0) is 36.6 Å². The standard InChI is InChI=1S/C23H21N3O3S/c1-14-21(22(28)24-12-18-7-4-10-29-18)30-23-25-13-19(26(14)23)20(27)17-9-8-15-5-2-3-6-16(15)11-17/h2-3,5-6,8-9,11,13,18H,4,7,10,12H2,1H3,(H,24,28). The monoisotopic (exact) mass is 419 g/mol. The lowest BCUT2D eigenvalue weighted by atomic mass is 10.0. The summed E-state index contributed by atoms with van der Waals surface area (Å²) in [6.45, 7) is 3.11. The summed E-state index contributed by atoms with van der Waals surface area (Å²) in [5.74, 6) is -0.261. The number of aryl methyl sites for hydroxylation is 1. The van der Waals surface area contributed by atoms with Gasteiger partial charge < -0.3 is 10.1 Å². The molecule has 4 aromatic rings. The maximum Gasteiger partial charge on any atom is 0.263 e. The minimum Gasteiger partial charge on any atom is -0.376 e. The highest BCUT2D eigenvalue weighted by Gasteiger charge is 2.23. The first-order valence-electron chi connectivity index (χ1n) is 10.0. The second kappa shape index (κ2) is 7.66. The fourth-order valence-electron chi connectivity index (χ4n) is 3.94. The van der Waals surface area contributed by atoms with Crippen LogP contribution in [0, 0.1) is 6.92 Å². The maximum atomic E-state index is 13.2. The van der Waals surface area contributed by atoms with E-state index in [0.717, 1.165) is 35.9 Å². The molecule has 6 nitrogen and oxygen atoms in total. The Balaban J connectivity index is 1.44. The molecule has 1 amide bonds. The molecule has 0 radical (unpaired) electrons. The van der Waals surface area contributed by atoms with Crippen molar-refractivity contribution in [3.8, 4) is 0 Å². The first-order valence-corrected chi connectivity index (χ1v) is 10.8. The quantitative estimate of drug-likeness (QED) is 0.497. The maximum absolute atomic E-state index is 13.2. The van der Waals surface area contributed by atoms with Gasteiger partial charge in [-0.3, -0.25) is 14.0 Å². The highest BCUT2D eigenvalue weighted by Crippen LogP contribution is 2.26. The average Bonchev–Trinajstić information content (AvgIpc) is 3.50. The Morgan fingerprint density at radius 2 is 2.07 bits per heavy atom. The fraction of sp³-hybridized carbons (Fsp3) is 0.261. The molecular weight excluding hydrogens is 398 g/mol. The lowest BCUT2D eigenvalue weighted by molar-refractivity contribution is 0.0860. The zero-order chi connectivity index (χ0) is 20.7. The molecule has 1 fully saturated rings. The highest BCUT2D eigenvalue weighted by molar-refractivity contribution is 7.19. The Kier molecular flexibility index (Phi) is 4.84. The molecule has 2 aromatic heterocycles. The van der Waals surface area contributed by atoms with E-state index in [1.165, 1.54) is 11.3 Å². The summed E-state index contributed by atoms with van der Waals surface area (Å²) in [5.41, 5.74) is 1.79. The van der Waals surface area contributed by atoms with Gasteiger partial charge in [0.15, 0.2) is 4.96 Å². The van der Waals surface area contributed by atoms with E-state index in [9.17, 15) is 9.59 Å². The molecule has 2 aromatic carbocycles. The van der Waals surface area contributed by atoms with Gasteiger partial charge >= 0.3 is 0 Å². The Labute approximate surface area is 177 Å². The molecule has 0 spiro atoms. The van der Waals surface area contributed by atoms with Crippen LogP contribution in [0.3, 0.4) is 0 Å². The van der Waals surface area contributed by atoms with Crippen LogP contribution in [0.4, 0.5) is 0 Å². The van der Waals surface area contributed by atoms with E-state index in [1.54, 1.807) is 10.6 Å². The zero-order valence-electron chi connectivity index (χ0n) is 16.6. The topological polar surface area (TPSA) is 72.7 Å². The summed E-state index contributed by atoms with van der Waals surface area (Å²) in [7, 11) is 0. The third kappa shape index (κ3) is 3.30. The number of rotatable bonds is 5. The van der Waals surface area contributed by atoms with Crippen LogP contribution in [0.15, 0.2) is 48.7 Å². The van der Waals surface area contributed by atoms with Crippen LogP contribution < -0.4 is 5.32 Å². The van der Waals surface area contributed by atoms with Crippen LogP contribution in [0.5, 0.6) is 0 Å². The first-order chi connectivity index (χ1) is 14.6. The van der Waals surface area contributed by atoms with E-state index >= 15 is 0 Å². The summed E-state index contributed by atoms with van der Waals surface area (Å²) in [5, 5.41) is 5.06. The number of carbonyl (C=O) groups is 2. The number of nitrogens with zero attached hydrogens (tertiary/aromatic N) is 2. The number of fused-ring (bicyclic) bond motifs is 2. The number of ketones is 1.